The molecule has 15 heavy (non-hydrogen) atoms. The number of carboxylic acids is 1. The van der Waals surface area contributed by atoms with Crippen LogP contribution < -0.4 is 4.90 Å². The van der Waals surface area contributed by atoms with Crippen LogP contribution in [0, 0.1) is 5.82 Å². The smallest absolute Gasteiger partial charge is 0.330 e. The predicted octanol–water partition coefficient (Wildman–Crippen LogP) is 2.29. The minimum absolute atomic E-state index is 0.322. The van der Waals surface area contributed by atoms with Gasteiger partial charge in [0, 0.05) is 11.9 Å². The van der Waals surface area contributed by atoms with Crippen molar-refractivity contribution in [2.75, 3.05) is 11.9 Å². The third-order valence-corrected chi connectivity index (χ3v) is 3.24. The highest BCUT2D eigenvalue weighted by Crippen LogP contribution is 2.44. The number of carbonyl (C=O) groups is 1. The summed E-state index contributed by atoms with van der Waals surface area (Å²) < 4.78 is 13.0. The lowest BCUT2D eigenvalue weighted by Crippen LogP contribution is -2.11. The van der Waals surface area contributed by atoms with Gasteiger partial charge in [0.1, 0.15) is 5.82 Å². The number of halogens is 1. The Morgan fingerprint density at radius 2 is 2.33 bits per heavy atom. The second-order valence-corrected chi connectivity index (χ2v) is 4.16. The summed E-state index contributed by atoms with van der Waals surface area (Å²) in [6.07, 6.45) is 1.11. The van der Waals surface area contributed by atoms with E-state index in [1.54, 1.807) is 18.0 Å². The van der Waals surface area contributed by atoms with Crippen LogP contribution in [0.2, 0.25) is 0 Å². The SMILES string of the molecule is CN1/C(=C\C(=O)O)Sc2ccc(F)cc21. The van der Waals surface area contributed by atoms with Gasteiger partial charge in [-0.15, -0.1) is 0 Å². The molecule has 0 spiro atoms. The first kappa shape index (κ1) is 10.0. The monoisotopic (exact) mass is 225 g/mol. The maximum absolute atomic E-state index is 13.0. The van der Waals surface area contributed by atoms with E-state index in [4.69, 9.17) is 5.11 Å². The summed E-state index contributed by atoms with van der Waals surface area (Å²) in [5.41, 5.74) is 0.701. The van der Waals surface area contributed by atoms with Gasteiger partial charge >= 0.3 is 5.97 Å². The minimum Gasteiger partial charge on any atom is -0.478 e. The van der Waals surface area contributed by atoms with E-state index < -0.39 is 5.97 Å². The lowest BCUT2D eigenvalue weighted by Gasteiger charge is -2.12. The average molecular weight is 225 g/mol. The molecule has 0 fully saturated rings. The lowest BCUT2D eigenvalue weighted by atomic mass is 10.3. The van der Waals surface area contributed by atoms with Gasteiger partial charge in [0.25, 0.3) is 0 Å². The third-order valence-electron chi connectivity index (χ3n) is 2.07. The molecule has 0 aliphatic carbocycles. The van der Waals surface area contributed by atoms with E-state index in [1.807, 2.05) is 0 Å². The Hall–Kier alpha value is -1.49. The lowest BCUT2D eigenvalue weighted by molar-refractivity contribution is -0.131. The number of carboxylic acid groups (broad SMARTS) is 1. The minimum atomic E-state index is -1.00. The van der Waals surface area contributed by atoms with E-state index in [0.29, 0.717) is 10.7 Å². The molecule has 1 aromatic rings. The summed E-state index contributed by atoms with van der Waals surface area (Å²) in [5.74, 6) is -1.32. The maximum atomic E-state index is 13.0. The molecule has 0 aromatic heterocycles. The van der Waals surface area contributed by atoms with Crippen LogP contribution in [0.5, 0.6) is 0 Å². The van der Waals surface area contributed by atoms with Gasteiger partial charge in [-0.2, -0.15) is 0 Å². The number of aliphatic carboxylic acids is 1. The maximum Gasteiger partial charge on any atom is 0.330 e. The van der Waals surface area contributed by atoms with Crippen molar-refractivity contribution in [1.82, 2.24) is 0 Å². The van der Waals surface area contributed by atoms with Crippen LogP contribution in [-0.2, 0) is 4.79 Å². The van der Waals surface area contributed by atoms with E-state index in [0.717, 1.165) is 11.0 Å². The van der Waals surface area contributed by atoms with Crippen molar-refractivity contribution in [3.63, 3.8) is 0 Å². The number of nitrogens with zero attached hydrogens (tertiary/aromatic N) is 1. The van der Waals surface area contributed by atoms with E-state index in [1.165, 1.54) is 23.9 Å². The van der Waals surface area contributed by atoms with Crippen LogP contribution in [0.1, 0.15) is 0 Å². The molecule has 0 atom stereocenters. The fourth-order valence-electron chi connectivity index (χ4n) is 1.37. The Kier molecular flexibility index (Phi) is 2.40. The zero-order valence-corrected chi connectivity index (χ0v) is 8.71. The molecule has 0 saturated heterocycles. The number of thioether (sulfide) groups is 1. The molecular formula is C10H8FNO2S. The second kappa shape index (κ2) is 3.58. The number of fused-ring (bicyclic) bond motifs is 1. The quantitative estimate of drug-likeness (QED) is 0.744. The van der Waals surface area contributed by atoms with Gasteiger partial charge in [-0.3, -0.25) is 0 Å². The molecule has 0 bridgehead atoms. The summed E-state index contributed by atoms with van der Waals surface area (Å²) in [5, 5.41) is 9.22. The zero-order chi connectivity index (χ0) is 11.0. The molecule has 1 heterocycles. The van der Waals surface area contributed by atoms with Crippen molar-refractivity contribution in [3.05, 3.63) is 35.1 Å². The molecule has 0 amide bonds. The van der Waals surface area contributed by atoms with E-state index in [-0.39, 0.29) is 5.82 Å². The number of anilines is 1. The molecule has 0 unspecified atom stereocenters. The van der Waals surface area contributed by atoms with E-state index in [9.17, 15) is 9.18 Å². The van der Waals surface area contributed by atoms with Crippen LogP contribution in [0.4, 0.5) is 10.1 Å². The zero-order valence-electron chi connectivity index (χ0n) is 7.90. The third kappa shape index (κ3) is 1.83. The molecule has 1 aliphatic rings. The fraction of sp³-hybridized carbons (Fsp3) is 0.100. The fourth-order valence-corrected chi connectivity index (χ4v) is 2.43. The van der Waals surface area contributed by atoms with Crippen molar-refractivity contribution in [2.24, 2.45) is 0 Å². The van der Waals surface area contributed by atoms with Gasteiger partial charge in [0.05, 0.1) is 16.8 Å². The summed E-state index contributed by atoms with van der Waals surface area (Å²) in [6.45, 7) is 0. The van der Waals surface area contributed by atoms with Crippen molar-refractivity contribution in [2.45, 2.75) is 4.90 Å². The highest BCUT2D eigenvalue weighted by Gasteiger charge is 2.22. The number of rotatable bonds is 1. The van der Waals surface area contributed by atoms with Gasteiger partial charge < -0.3 is 10.0 Å². The van der Waals surface area contributed by atoms with Crippen molar-refractivity contribution in [1.29, 1.82) is 0 Å². The normalized spacial score (nSPS) is 16.9. The van der Waals surface area contributed by atoms with Gasteiger partial charge in [0.15, 0.2) is 0 Å². The summed E-state index contributed by atoms with van der Waals surface area (Å²) in [6, 6.07) is 4.41. The molecule has 3 nitrogen and oxygen atoms in total. The number of hydrogen-bond acceptors (Lipinski definition) is 3. The van der Waals surface area contributed by atoms with Crippen molar-refractivity contribution >= 4 is 23.4 Å². The van der Waals surface area contributed by atoms with Gasteiger partial charge in [-0.1, -0.05) is 11.8 Å². The summed E-state index contributed by atoms with van der Waals surface area (Å²) in [4.78, 5) is 13.1. The summed E-state index contributed by atoms with van der Waals surface area (Å²) in [7, 11) is 1.72. The largest absolute Gasteiger partial charge is 0.478 e. The number of benzene rings is 1. The molecule has 2 rings (SSSR count). The molecule has 78 valence electrons. The highest BCUT2D eigenvalue weighted by molar-refractivity contribution is 8.03. The van der Waals surface area contributed by atoms with Crippen molar-refractivity contribution < 1.29 is 14.3 Å². The van der Waals surface area contributed by atoms with Crippen molar-refractivity contribution in [3.8, 4) is 0 Å². The van der Waals surface area contributed by atoms with Gasteiger partial charge in [-0.05, 0) is 18.2 Å². The predicted molar refractivity (Wildman–Crippen MR) is 56.4 cm³/mol. The second-order valence-electron chi connectivity index (χ2n) is 3.09. The number of hydrogen-bond donors (Lipinski definition) is 1. The highest BCUT2D eigenvalue weighted by atomic mass is 32.2. The molecule has 1 aliphatic heterocycles. The Bertz CT molecular complexity index is 459. The molecule has 0 saturated carbocycles. The van der Waals surface area contributed by atoms with Crippen LogP contribution in [0.15, 0.2) is 34.2 Å². The Morgan fingerprint density at radius 3 is 3.00 bits per heavy atom. The first-order valence-corrected chi connectivity index (χ1v) is 5.05. The molecule has 1 N–H and O–H groups in total. The standard InChI is InChI=1S/C10H8FNO2S/c1-12-7-4-6(11)2-3-8(7)15-9(12)5-10(13)14/h2-5H,1H3,(H,13,14)/b9-5+. The molecule has 1 aromatic carbocycles. The van der Waals surface area contributed by atoms with Crippen LogP contribution in [0.3, 0.4) is 0 Å². The Labute approximate surface area is 90.2 Å². The molecule has 0 radical (unpaired) electrons. The Morgan fingerprint density at radius 1 is 1.60 bits per heavy atom. The van der Waals surface area contributed by atoms with E-state index >= 15 is 0 Å². The first-order chi connectivity index (χ1) is 7.08. The topological polar surface area (TPSA) is 40.5 Å². The Balaban J connectivity index is 2.41. The molecular weight excluding hydrogens is 217 g/mol. The van der Waals surface area contributed by atoms with Gasteiger partial charge in [-0.25, -0.2) is 9.18 Å². The van der Waals surface area contributed by atoms with E-state index in [2.05, 4.69) is 0 Å². The molecule has 5 heteroatoms. The summed E-state index contributed by atoms with van der Waals surface area (Å²) >= 11 is 1.32. The average Bonchev–Trinajstić information content (AvgIpc) is 2.44. The van der Waals surface area contributed by atoms with Crippen LogP contribution >= 0.6 is 11.8 Å². The first-order valence-electron chi connectivity index (χ1n) is 4.23. The van der Waals surface area contributed by atoms with Gasteiger partial charge in [0.2, 0.25) is 0 Å². The van der Waals surface area contributed by atoms with Crippen LogP contribution in [0.25, 0.3) is 0 Å². The van der Waals surface area contributed by atoms with Crippen LogP contribution in [-0.4, -0.2) is 18.1 Å².